The Balaban J connectivity index is 1.64. The predicted molar refractivity (Wildman–Crippen MR) is 192 cm³/mol. The molecule has 1 aromatic heterocycles. The maximum absolute atomic E-state index is 14.0. The van der Waals surface area contributed by atoms with E-state index in [0.717, 1.165) is 39.1 Å². The molecule has 0 unspecified atom stereocenters. The Morgan fingerprint density at radius 1 is 0.936 bits per heavy atom. The number of hydrogen-bond donors (Lipinski definition) is 0. The molecule has 5 rings (SSSR count). The van der Waals surface area contributed by atoms with Gasteiger partial charge in [0, 0.05) is 21.7 Å². The van der Waals surface area contributed by atoms with Crippen molar-refractivity contribution in [1.29, 1.82) is 0 Å². The minimum atomic E-state index is -0.266. The van der Waals surface area contributed by atoms with Crippen LogP contribution < -0.4 is 19.8 Å². The molecule has 0 radical (unpaired) electrons. The summed E-state index contributed by atoms with van der Waals surface area (Å²) in [7, 11) is 0. The summed E-state index contributed by atoms with van der Waals surface area (Å²) in [5, 5.41) is 5.87. The highest BCUT2D eigenvalue weighted by Crippen LogP contribution is 2.36. The standard InChI is InChI=1S/C39H40ClN3O4/c1-7-14-28-20-27(21-36(46-9-3)37(28)47-24-29-15-10-12-17-33(29)40)23-41-43-38(42-34-18-13-11-16-30(34)39(43)44)32-22-31(25(4)5)35(45-8-2)19-26(32)6/h7,10-13,15-23,25H,1,8-9,14,24H2,2-6H3. The third-order valence-electron chi connectivity index (χ3n) is 7.74. The third kappa shape index (κ3) is 7.42. The Hall–Kier alpha value is -4.88. The molecule has 47 heavy (non-hydrogen) atoms. The molecule has 5 aromatic rings. The lowest BCUT2D eigenvalue weighted by Gasteiger charge is -2.18. The molecular formula is C39H40ClN3O4. The predicted octanol–water partition coefficient (Wildman–Crippen LogP) is 9.14. The zero-order chi connectivity index (χ0) is 33.5. The van der Waals surface area contributed by atoms with Crippen molar-refractivity contribution >= 4 is 28.7 Å². The van der Waals surface area contributed by atoms with Gasteiger partial charge in [0.15, 0.2) is 17.3 Å². The molecule has 0 bridgehead atoms. The van der Waals surface area contributed by atoms with Crippen molar-refractivity contribution in [3.8, 4) is 28.6 Å². The van der Waals surface area contributed by atoms with E-state index in [4.69, 9.17) is 35.9 Å². The van der Waals surface area contributed by atoms with Crippen LogP contribution in [0.2, 0.25) is 5.02 Å². The number of hydrogen-bond acceptors (Lipinski definition) is 6. The number of aryl methyl sites for hydroxylation is 1. The summed E-state index contributed by atoms with van der Waals surface area (Å²) in [6.45, 7) is 15.3. The van der Waals surface area contributed by atoms with Crippen molar-refractivity contribution in [2.45, 2.75) is 53.6 Å². The van der Waals surface area contributed by atoms with E-state index in [1.54, 1.807) is 12.3 Å². The van der Waals surface area contributed by atoms with E-state index in [2.05, 4.69) is 26.5 Å². The van der Waals surface area contributed by atoms with Crippen molar-refractivity contribution in [2.24, 2.45) is 5.10 Å². The second-order valence-electron chi connectivity index (χ2n) is 11.4. The number of ether oxygens (including phenoxy) is 3. The number of fused-ring (bicyclic) bond motifs is 1. The molecule has 0 saturated carbocycles. The lowest BCUT2D eigenvalue weighted by Crippen LogP contribution is -2.21. The lowest BCUT2D eigenvalue weighted by atomic mass is 9.96. The van der Waals surface area contributed by atoms with E-state index >= 15 is 0 Å². The minimum Gasteiger partial charge on any atom is -0.494 e. The van der Waals surface area contributed by atoms with E-state index in [1.165, 1.54) is 4.68 Å². The molecule has 1 heterocycles. The number of allylic oxidation sites excluding steroid dienone is 1. The van der Waals surface area contributed by atoms with Crippen molar-refractivity contribution in [1.82, 2.24) is 9.66 Å². The number of para-hydroxylation sites is 1. The molecule has 0 aliphatic rings. The first-order chi connectivity index (χ1) is 22.7. The Labute approximate surface area is 281 Å². The Morgan fingerprint density at radius 3 is 2.38 bits per heavy atom. The van der Waals surface area contributed by atoms with Gasteiger partial charge >= 0.3 is 0 Å². The van der Waals surface area contributed by atoms with E-state index in [-0.39, 0.29) is 18.1 Å². The van der Waals surface area contributed by atoms with Crippen LogP contribution in [0.4, 0.5) is 0 Å². The second kappa shape index (κ2) is 15.1. The first-order valence-corrected chi connectivity index (χ1v) is 16.2. The minimum absolute atomic E-state index is 0.193. The molecule has 0 N–H and O–H groups in total. The van der Waals surface area contributed by atoms with E-state index in [9.17, 15) is 4.79 Å². The molecule has 0 amide bonds. The van der Waals surface area contributed by atoms with Gasteiger partial charge in [-0.3, -0.25) is 4.79 Å². The molecular weight excluding hydrogens is 610 g/mol. The largest absolute Gasteiger partial charge is 0.494 e. The number of aromatic nitrogens is 2. The fourth-order valence-corrected chi connectivity index (χ4v) is 5.65. The van der Waals surface area contributed by atoms with Crippen molar-refractivity contribution in [3.05, 3.63) is 129 Å². The van der Waals surface area contributed by atoms with Crippen molar-refractivity contribution in [2.75, 3.05) is 13.2 Å². The summed E-state index contributed by atoms with van der Waals surface area (Å²) in [5.41, 5.74) is 5.57. The van der Waals surface area contributed by atoms with Crippen LogP contribution in [0.5, 0.6) is 17.2 Å². The van der Waals surface area contributed by atoms with Gasteiger partial charge in [-0.2, -0.15) is 9.78 Å². The van der Waals surface area contributed by atoms with E-state index < -0.39 is 0 Å². The molecule has 0 fully saturated rings. The summed E-state index contributed by atoms with van der Waals surface area (Å²) in [6.07, 6.45) is 4.00. The summed E-state index contributed by atoms with van der Waals surface area (Å²) in [5.74, 6) is 2.65. The zero-order valence-corrected chi connectivity index (χ0v) is 28.3. The molecule has 4 aromatic carbocycles. The molecule has 7 nitrogen and oxygen atoms in total. The monoisotopic (exact) mass is 649 g/mol. The van der Waals surface area contributed by atoms with E-state index in [0.29, 0.717) is 52.9 Å². The first kappa shape index (κ1) is 33.5. The third-order valence-corrected chi connectivity index (χ3v) is 8.11. The van der Waals surface area contributed by atoms with Crippen LogP contribution in [0.3, 0.4) is 0 Å². The number of benzene rings is 4. The van der Waals surface area contributed by atoms with Crippen LogP contribution in [-0.2, 0) is 13.0 Å². The fourth-order valence-electron chi connectivity index (χ4n) is 5.46. The van der Waals surface area contributed by atoms with Crippen LogP contribution in [0.25, 0.3) is 22.3 Å². The fraction of sp³-hybridized carbons (Fsp3) is 0.256. The molecule has 0 atom stereocenters. The molecule has 242 valence electrons. The van der Waals surface area contributed by atoms with Gasteiger partial charge in [-0.1, -0.05) is 61.9 Å². The lowest BCUT2D eigenvalue weighted by molar-refractivity contribution is 0.267. The normalized spacial score (nSPS) is 11.4. The van der Waals surface area contributed by atoms with Crippen molar-refractivity contribution < 1.29 is 14.2 Å². The van der Waals surface area contributed by atoms with Crippen LogP contribution in [0.1, 0.15) is 61.4 Å². The Kier molecular flexibility index (Phi) is 10.8. The highest BCUT2D eigenvalue weighted by Gasteiger charge is 2.19. The average Bonchev–Trinajstić information content (AvgIpc) is 3.05. The summed E-state index contributed by atoms with van der Waals surface area (Å²) in [6, 6.07) is 22.8. The smallest absolute Gasteiger partial charge is 0.282 e. The quantitative estimate of drug-likeness (QED) is 0.0939. The van der Waals surface area contributed by atoms with Gasteiger partial charge in [0.05, 0.1) is 30.3 Å². The van der Waals surface area contributed by atoms with Gasteiger partial charge in [0.1, 0.15) is 12.4 Å². The molecule has 0 saturated heterocycles. The summed E-state index contributed by atoms with van der Waals surface area (Å²) in [4.78, 5) is 19.0. The summed E-state index contributed by atoms with van der Waals surface area (Å²) < 4.78 is 19.7. The van der Waals surface area contributed by atoms with Gasteiger partial charge in [-0.15, -0.1) is 6.58 Å². The molecule has 0 aliphatic carbocycles. The maximum atomic E-state index is 14.0. The van der Waals surface area contributed by atoms with E-state index in [1.807, 2.05) is 87.5 Å². The zero-order valence-electron chi connectivity index (χ0n) is 27.5. The number of rotatable bonds is 13. The van der Waals surface area contributed by atoms with Crippen LogP contribution in [-0.4, -0.2) is 29.1 Å². The Morgan fingerprint density at radius 2 is 1.66 bits per heavy atom. The number of halogens is 1. The maximum Gasteiger partial charge on any atom is 0.282 e. The van der Waals surface area contributed by atoms with Crippen LogP contribution in [0, 0.1) is 6.92 Å². The van der Waals surface area contributed by atoms with Gasteiger partial charge in [-0.05, 0) is 92.3 Å². The molecule has 0 spiro atoms. The summed E-state index contributed by atoms with van der Waals surface area (Å²) >= 11 is 6.39. The van der Waals surface area contributed by atoms with Gasteiger partial charge in [0.25, 0.3) is 5.56 Å². The van der Waals surface area contributed by atoms with Gasteiger partial charge in [0.2, 0.25) is 0 Å². The second-order valence-corrected chi connectivity index (χ2v) is 11.8. The van der Waals surface area contributed by atoms with Crippen LogP contribution in [0.15, 0.2) is 95.3 Å². The van der Waals surface area contributed by atoms with Gasteiger partial charge < -0.3 is 14.2 Å². The van der Waals surface area contributed by atoms with Crippen molar-refractivity contribution in [3.63, 3.8) is 0 Å². The highest BCUT2D eigenvalue weighted by molar-refractivity contribution is 6.31. The SMILES string of the molecule is C=CCc1cc(C=Nn2c(-c3cc(C(C)C)c(OCC)cc3C)nc3ccccc3c2=O)cc(OCC)c1OCc1ccccc1Cl. The Bertz CT molecular complexity index is 2000. The number of nitrogens with zero attached hydrogens (tertiary/aromatic N) is 3. The first-order valence-electron chi connectivity index (χ1n) is 15.9. The average molecular weight is 650 g/mol. The van der Waals surface area contributed by atoms with Gasteiger partial charge in [-0.25, -0.2) is 4.98 Å². The highest BCUT2D eigenvalue weighted by atomic mass is 35.5. The topological polar surface area (TPSA) is 74.9 Å². The molecule has 0 aliphatic heterocycles. The van der Waals surface area contributed by atoms with Crippen LogP contribution >= 0.6 is 11.6 Å². The molecule has 8 heteroatoms.